The second kappa shape index (κ2) is 7.95. The third-order valence-electron chi connectivity index (χ3n) is 3.08. The molecular weight excluding hydrogens is 299 g/mol. The van der Waals surface area contributed by atoms with Gasteiger partial charge in [0.25, 0.3) is 0 Å². The number of carbonyl (C=O) groups excluding carboxylic acids is 2. The van der Waals surface area contributed by atoms with E-state index >= 15 is 0 Å². The molecule has 1 aromatic rings. The highest BCUT2D eigenvalue weighted by atomic mass is 35.5. The van der Waals surface area contributed by atoms with Gasteiger partial charge in [0.1, 0.15) is 5.82 Å². The molecule has 1 fully saturated rings. The van der Waals surface area contributed by atoms with Gasteiger partial charge in [-0.05, 0) is 43.5 Å². The highest BCUT2D eigenvalue weighted by molar-refractivity contribution is 5.95. The minimum Gasteiger partial charge on any atom is -0.465 e. The molecular formula is C14H18ClFN2O3. The summed E-state index contributed by atoms with van der Waals surface area (Å²) < 4.78 is 18.1. The highest BCUT2D eigenvalue weighted by Crippen LogP contribution is 2.27. The maximum absolute atomic E-state index is 13.6. The molecule has 0 aliphatic heterocycles. The lowest BCUT2D eigenvalue weighted by molar-refractivity contribution is -0.115. The van der Waals surface area contributed by atoms with Crippen molar-refractivity contribution in [3.8, 4) is 0 Å². The van der Waals surface area contributed by atoms with Crippen molar-refractivity contribution < 1.29 is 18.7 Å². The van der Waals surface area contributed by atoms with Crippen LogP contribution in [0.4, 0.5) is 10.1 Å². The third-order valence-corrected chi connectivity index (χ3v) is 3.08. The minimum absolute atomic E-state index is 0. The van der Waals surface area contributed by atoms with Crippen LogP contribution in [0.25, 0.3) is 0 Å². The van der Waals surface area contributed by atoms with Crippen LogP contribution in [0.2, 0.25) is 0 Å². The number of methoxy groups -OCH3 is 1. The number of carbonyl (C=O) groups is 2. The van der Waals surface area contributed by atoms with Crippen LogP contribution in [0.5, 0.6) is 0 Å². The smallest absolute Gasteiger partial charge is 0.337 e. The molecule has 0 saturated heterocycles. The first-order valence-corrected chi connectivity index (χ1v) is 6.48. The number of nitrogens with one attached hydrogen (secondary N) is 2. The number of rotatable bonds is 6. The molecule has 1 aliphatic carbocycles. The van der Waals surface area contributed by atoms with Gasteiger partial charge in [-0.3, -0.25) is 4.79 Å². The van der Waals surface area contributed by atoms with E-state index in [1.54, 1.807) is 0 Å². The van der Waals surface area contributed by atoms with Crippen molar-refractivity contribution in [1.82, 2.24) is 5.32 Å². The first-order chi connectivity index (χ1) is 9.60. The highest BCUT2D eigenvalue weighted by Gasteiger charge is 2.20. The lowest BCUT2D eigenvalue weighted by Gasteiger charge is -2.08. The summed E-state index contributed by atoms with van der Waals surface area (Å²) in [5.41, 5.74) is 0.168. The Bertz CT molecular complexity index is 521. The number of hydrogen-bond donors (Lipinski definition) is 2. The zero-order valence-electron chi connectivity index (χ0n) is 11.6. The van der Waals surface area contributed by atoms with E-state index < -0.39 is 11.8 Å². The van der Waals surface area contributed by atoms with Crippen molar-refractivity contribution in [2.75, 3.05) is 25.5 Å². The fourth-order valence-corrected chi connectivity index (χ4v) is 1.77. The van der Waals surface area contributed by atoms with E-state index in [1.165, 1.54) is 32.1 Å². The average Bonchev–Trinajstić information content (AvgIpc) is 3.24. The topological polar surface area (TPSA) is 67.4 Å². The van der Waals surface area contributed by atoms with E-state index in [0.717, 1.165) is 12.6 Å². The first kappa shape index (κ1) is 17.4. The van der Waals surface area contributed by atoms with E-state index in [-0.39, 0.29) is 36.1 Å². The Balaban J connectivity index is 0.00000220. The molecule has 1 aromatic carbocycles. The molecule has 0 unspecified atom stereocenters. The van der Waals surface area contributed by atoms with Gasteiger partial charge in [0.05, 0.1) is 24.9 Å². The Kier molecular flexibility index (Phi) is 6.58. The van der Waals surface area contributed by atoms with E-state index in [9.17, 15) is 14.0 Å². The quantitative estimate of drug-likeness (QED) is 0.787. The molecule has 21 heavy (non-hydrogen) atoms. The fraction of sp³-hybridized carbons (Fsp3) is 0.429. The number of amides is 1. The van der Waals surface area contributed by atoms with Crippen LogP contribution in [0.1, 0.15) is 23.2 Å². The average molecular weight is 317 g/mol. The summed E-state index contributed by atoms with van der Waals surface area (Å²) in [7, 11) is 1.24. The van der Waals surface area contributed by atoms with Crippen LogP contribution in [0.15, 0.2) is 18.2 Å². The van der Waals surface area contributed by atoms with Crippen molar-refractivity contribution in [2.45, 2.75) is 12.8 Å². The number of halogens is 2. The fourth-order valence-electron chi connectivity index (χ4n) is 1.77. The molecule has 1 aliphatic rings. The summed E-state index contributed by atoms with van der Waals surface area (Å²) in [6, 6.07) is 3.70. The van der Waals surface area contributed by atoms with Crippen molar-refractivity contribution in [2.24, 2.45) is 5.92 Å². The van der Waals surface area contributed by atoms with Gasteiger partial charge in [-0.15, -0.1) is 12.4 Å². The zero-order chi connectivity index (χ0) is 14.5. The summed E-state index contributed by atoms with van der Waals surface area (Å²) in [6.07, 6.45) is 2.40. The monoisotopic (exact) mass is 316 g/mol. The van der Waals surface area contributed by atoms with E-state index in [2.05, 4.69) is 15.4 Å². The predicted molar refractivity (Wildman–Crippen MR) is 79.2 cm³/mol. The Morgan fingerprint density at radius 3 is 2.71 bits per heavy atom. The SMILES string of the molecule is COC(=O)c1ccc(F)c(NC(=O)CNCC2CC2)c1.Cl. The largest absolute Gasteiger partial charge is 0.465 e. The molecule has 116 valence electrons. The summed E-state index contributed by atoms with van der Waals surface area (Å²) in [5, 5.41) is 5.45. The number of anilines is 1. The van der Waals surface area contributed by atoms with Crippen molar-refractivity contribution >= 4 is 30.0 Å². The van der Waals surface area contributed by atoms with Crippen LogP contribution >= 0.6 is 12.4 Å². The number of hydrogen-bond acceptors (Lipinski definition) is 4. The van der Waals surface area contributed by atoms with Gasteiger partial charge in [-0.1, -0.05) is 0 Å². The predicted octanol–water partition coefficient (Wildman–Crippen LogP) is 1.97. The molecule has 0 heterocycles. The molecule has 0 radical (unpaired) electrons. The lowest BCUT2D eigenvalue weighted by atomic mass is 10.2. The molecule has 0 spiro atoms. The van der Waals surface area contributed by atoms with Crippen LogP contribution in [0, 0.1) is 11.7 Å². The van der Waals surface area contributed by atoms with Crippen LogP contribution < -0.4 is 10.6 Å². The second-order valence-corrected chi connectivity index (χ2v) is 4.81. The normalized spacial score (nSPS) is 13.2. The molecule has 5 nitrogen and oxygen atoms in total. The van der Waals surface area contributed by atoms with Gasteiger partial charge in [0, 0.05) is 0 Å². The van der Waals surface area contributed by atoms with Gasteiger partial charge >= 0.3 is 5.97 Å². The Morgan fingerprint density at radius 2 is 2.10 bits per heavy atom. The van der Waals surface area contributed by atoms with Gasteiger partial charge in [-0.25, -0.2) is 9.18 Å². The third kappa shape index (κ3) is 5.32. The first-order valence-electron chi connectivity index (χ1n) is 6.48. The second-order valence-electron chi connectivity index (χ2n) is 4.81. The van der Waals surface area contributed by atoms with Gasteiger partial charge < -0.3 is 15.4 Å². The summed E-state index contributed by atoms with van der Waals surface area (Å²) >= 11 is 0. The van der Waals surface area contributed by atoms with E-state index in [4.69, 9.17) is 0 Å². The van der Waals surface area contributed by atoms with E-state index in [1.807, 2.05) is 0 Å². The van der Waals surface area contributed by atoms with Crippen molar-refractivity contribution in [1.29, 1.82) is 0 Å². The Hall–Kier alpha value is -1.66. The van der Waals surface area contributed by atoms with Crippen molar-refractivity contribution in [3.05, 3.63) is 29.6 Å². The van der Waals surface area contributed by atoms with Crippen LogP contribution in [-0.4, -0.2) is 32.1 Å². The molecule has 1 amide bonds. The lowest BCUT2D eigenvalue weighted by Crippen LogP contribution is -2.29. The summed E-state index contributed by atoms with van der Waals surface area (Å²) in [4.78, 5) is 23.0. The molecule has 0 atom stereocenters. The molecule has 7 heteroatoms. The molecule has 0 bridgehead atoms. The van der Waals surface area contributed by atoms with Gasteiger partial charge in [0.2, 0.25) is 5.91 Å². The Labute approximate surface area is 128 Å². The summed E-state index contributed by atoms with van der Waals surface area (Å²) in [6.45, 7) is 0.927. The number of ether oxygens (including phenoxy) is 1. The number of esters is 1. The van der Waals surface area contributed by atoms with Crippen molar-refractivity contribution in [3.63, 3.8) is 0 Å². The molecule has 1 saturated carbocycles. The minimum atomic E-state index is -0.590. The molecule has 0 aromatic heterocycles. The maximum Gasteiger partial charge on any atom is 0.337 e. The zero-order valence-corrected chi connectivity index (χ0v) is 12.5. The standard InChI is InChI=1S/C14H17FN2O3.ClH/c1-20-14(19)10-4-5-11(15)12(6-10)17-13(18)8-16-7-9-2-3-9;/h4-6,9,16H,2-3,7-8H2,1H3,(H,17,18);1H. The molecule has 2 rings (SSSR count). The van der Waals surface area contributed by atoms with Gasteiger partial charge in [-0.2, -0.15) is 0 Å². The van der Waals surface area contributed by atoms with E-state index in [0.29, 0.717) is 5.92 Å². The number of benzene rings is 1. The molecule has 2 N–H and O–H groups in total. The van der Waals surface area contributed by atoms with Gasteiger partial charge in [0.15, 0.2) is 0 Å². The Morgan fingerprint density at radius 1 is 1.38 bits per heavy atom. The summed E-state index contributed by atoms with van der Waals surface area (Å²) in [5.74, 6) is -0.839. The van der Waals surface area contributed by atoms with Crippen LogP contribution in [-0.2, 0) is 9.53 Å². The maximum atomic E-state index is 13.6. The van der Waals surface area contributed by atoms with Crippen LogP contribution in [0.3, 0.4) is 0 Å².